The first-order chi connectivity index (χ1) is 9.38. The molecule has 0 aliphatic carbocycles. The number of halogens is 5. The molecule has 0 aliphatic heterocycles. The zero-order valence-corrected chi connectivity index (χ0v) is 11.7. The normalized spacial score (nSPS) is 11.4. The molecule has 6 heteroatoms. The van der Waals surface area contributed by atoms with Gasteiger partial charge in [0.25, 0.3) is 0 Å². The monoisotopic (exact) mass is 319 g/mol. The molecule has 0 aliphatic rings. The summed E-state index contributed by atoms with van der Waals surface area (Å²) in [5, 5.41) is 3.94. The molecule has 0 bridgehead atoms. The largest absolute Gasteiger partial charge is 0.416 e. The molecule has 2 aromatic carbocycles. The van der Waals surface area contributed by atoms with Gasteiger partial charge in [0.15, 0.2) is 0 Å². The molecule has 106 valence electrons. The van der Waals surface area contributed by atoms with Crippen molar-refractivity contribution in [1.29, 1.82) is 0 Å². The van der Waals surface area contributed by atoms with Crippen molar-refractivity contribution >= 4 is 28.9 Å². The van der Waals surface area contributed by atoms with Crippen molar-refractivity contribution in [1.82, 2.24) is 0 Å². The van der Waals surface area contributed by atoms with Gasteiger partial charge >= 0.3 is 6.18 Å². The molecule has 0 saturated heterocycles. The maximum Gasteiger partial charge on any atom is 0.416 e. The van der Waals surface area contributed by atoms with E-state index in [0.717, 1.165) is 12.1 Å². The average Bonchev–Trinajstić information content (AvgIpc) is 2.37. The summed E-state index contributed by atoms with van der Waals surface area (Å²) in [5.41, 5.74) is 0.599. The van der Waals surface area contributed by atoms with Gasteiger partial charge in [-0.2, -0.15) is 13.2 Å². The first-order valence-corrected chi connectivity index (χ1v) is 6.47. The quantitative estimate of drug-likeness (QED) is 0.773. The first-order valence-electron chi connectivity index (χ1n) is 5.72. The van der Waals surface area contributed by atoms with Crippen LogP contribution < -0.4 is 5.32 Å². The van der Waals surface area contributed by atoms with Gasteiger partial charge in [-0.15, -0.1) is 0 Å². The molecule has 2 aromatic rings. The number of hydrogen-bond acceptors (Lipinski definition) is 1. The summed E-state index contributed by atoms with van der Waals surface area (Å²) in [7, 11) is 0. The van der Waals surface area contributed by atoms with E-state index in [1.807, 2.05) is 0 Å². The third kappa shape index (κ3) is 3.58. The van der Waals surface area contributed by atoms with Crippen molar-refractivity contribution in [2.75, 3.05) is 5.32 Å². The fourth-order valence-electron chi connectivity index (χ4n) is 1.67. The first kappa shape index (κ1) is 15.0. The lowest BCUT2D eigenvalue weighted by molar-refractivity contribution is -0.137. The molecular formula is C14H10Cl2F3N. The Bertz CT molecular complexity index is 574. The molecule has 0 heterocycles. The summed E-state index contributed by atoms with van der Waals surface area (Å²) in [4.78, 5) is 0. The molecule has 0 unspecified atom stereocenters. The number of benzene rings is 2. The van der Waals surface area contributed by atoms with Gasteiger partial charge in [0.05, 0.1) is 21.3 Å². The molecule has 0 atom stereocenters. The molecule has 2 rings (SSSR count). The summed E-state index contributed by atoms with van der Waals surface area (Å²) in [5.74, 6) is 0. The van der Waals surface area contributed by atoms with Gasteiger partial charge in [-0.1, -0.05) is 41.4 Å². The third-order valence-corrected chi connectivity index (χ3v) is 3.34. The van der Waals surface area contributed by atoms with Crippen LogP contribution in [0.3, 0.4) is 0 Å². The van der Waals surface area contributed by atoms with E-state index in [9.17, 15) is 13.2 Å². The van der Waals surface area contributed by atoms with Gasteiger partial charge in [0, 0.05) is 6.54 Å². The highest BCUT2D eigenvalue weighted by Crippen LogP contribution is 2.31. The van der Waals surface area contributed by atoms with E-state index in [1.165, 1.54) is 12.1 Å². The van der Waals surface area contributed by atoms with Crippen molar-refractivity contribution in [3.63, 3.8) is 0 Å². The lowest BCUT2D eigenvalue weighted by Gasteiger charge is -2.11. The highest BCUT2D eigenvalue weighted by atomic mass is 35.5. The number of rotatable bonds is 3. The maximum absolute atomic E-state index is 12.4. The third-order valence-electron chi connectivity index (χ3n) is 2.71. The van der Waals surface area contributed by atoms with Gasteiger partial charge in [0.2, 0.25) is 0 Å². The van der Waals surface area contributed by atoms with Crippen LogP contribution in [-0.2, 0) is 12.7 Å². The van der Waals surface area contributed by atoms with Crippen LogP contribution in [0, 0.1) is 0 Å². The van der Waals surface area contributed by atoms with Crippen LogP contribution in [0.2, 0.25) is 10.0 Å². The van der Waals surface area contributed by atoms with Gasteiger partial charge in [0.1, 0.15) is 0 Å². The Morgan fingerprint density at radius 2 is 1.45 bits per heavy atom. The van der Waals surface area contributed by atoms with E-state index in [-0.39, 0.29) is 0 Å². The predicted molar refractivity (Wildman–Crippen MR) is 75.2 cm³/mol. The second-order valence-electron chi connectivity index (χ2n) is 4.14. The predicted octanol–water partition coefficient (Wildman–Crippen LogP) is 5.62. The number of hydrogen-bond donors (Lipinski definition) is 1. The Balaban J connectivity index is 2.08. The van der Waals surface area contributed by atoms with Gasteiger partial charge in [-0.25, -0.2) is 0 Å². The molecule has 1 nitrogen and oxygen atoms in total. The Labute approximate surface area is 124 Å². The van der Waals surface area contributed by atoms with Gasteiger partial charge in [-0.3, -0.25) is 0 Å². The van der Waals surface area contributed by atoms with Gasteiger partial charge in [-0.05, 0) is 29.8 Å². The lowest BCUT2D eigenvalue weighted by atomic mass is 10.1. The standard InChI is InChI=1S/C14H10Cl2F3N/c15-11-2-1-3-12(16)13(11)20-8-9-4-6-10(7-5-9)14(17,18)19/h1-7,20H,8H2. The minimum absolute atomic E-state index is 0.335. The molecule has 0 saturated carbocycles. The van der Waals surface area contributed by atoms with Crippen LogP contribution in [0.4, 0.5) is 18.9 Å². The van der Waals surface area contributed by atoms with E-state index in [0.29, 0.717) is 27.8 Å². The molecule has 0 amide bonds. The van der Waals surface area contributed by atoms with Crippen molar-refractivity contribution < 1.29 is 13.2 Å². The Morgan fingerprint density at radius 3 is 1.95 bits per heavy atom. The lowest BCUT2D eigenvalue weighted by Crippen LogP contribution is -2.05. The van der Waals surface area contributed by atoms with E-state index in [2.05, 4.69) is 5.32 Å². The van der Waals surface area contributed by atoms with Crippen molar-refractivity contribution in [3.05, 3.63) is 63.6 Å². The van der Waals surface area contributed by atoms with Gasteiger partial charge < -0.3 is 5.32 Å². The molecule has 1 N–H and O–H groups in total. The Hall–Kier alpha value is -1.39. The average molecular weight is 320 g/mol. The fraction of sp³-hybridized carbons (Fsp3) is 0.143. The summed E-state index contributed by atoms with van der Waals surface area (Å²) in [6.07, 6.45) is -4.32. The van der Waals surface area contributed by atoms with Crippen LogP contribution >= 0.6 is 23.2 Å². The zero-order valence-electron chi connectivity index (χ0n) is 10.1. The van der Waals surface area contributed by atoms with E-state index in [1.54, 1.807) is 18.2 Å². The topological polar surface area (TPSA) is 12.0 Å². The minimum atomic E-state index is -4.32. The smallest absolute Gasteiger partial charge is 0.379 e. The van der Waals surface area contributed by atoms with Crippen LogP contribution in [-0.4, -0.2) is 0 Å². The van der Waals surface area contributed by atoms with Crippen LogP contribution in [0.1, 0.15) is 11.1 Å². The van der Waals surface area contributed by atoms with E-state index in [4.69, 9.17) is 23.2 Å². The van der Waals surface area contributed by atoms with Crippen molar-refractivity contribution in [2.24, 2.45) is 0 Å². The summed E-state index contributed by atoms with van der Waals surface area (Å²) >= 11 is 12.0. The summed E-state index contributed by atoms with van der Waals surface area (Å²) in [6.45, 7) is 0.335. The number of alkyl halides is 3. The Morgan fingerprint density at radius 1 is 0.900 bits per heavy atom. The zero-order chi connectivity index (χ0) is 14.8. The SMILES string of the molecule is FC(F)(F)c1ccc(CNc2c(Cl)cccc2Cl)cc1. The Kier molecular flexibility index (Phi) is 4.45. The second kappa shape index (κ2) is 5.94. The van der Waals surface area contributed by atoms with Crippen molar-refractivity contribution in [2.45, 2.75) is 12.7 Å². The maximum atomic E-state index is 12.4. The summed E-state index contributed by atoms with van der Waals surface area (Å²) in [6, 6.07) is 10.0. The van der Waals surface area contributed by atoms with Crippen LogP contribution in [0.5, 0.6) is 0 Å². The van der Waals surface area contributed by atoms with E-state index < -0.39 is 11.7 Å². The number of nitrogens with one attached hydrogen (secondary N) is 1. The molecule has 0 aromatic heterocycles. The fourth-order valence-corrected chi connectivity index (χ4v) is 2.20. The van der Waals surface area contributed by atoms with Crippen LogP contribution in [0.15, 0.2) is 42.5 Å². The number of para-hydroxylation sites is 1. The minimum Gasteiger partial charge on any atom is -0.379 e. The van der Waals surface area contributed by atoms with Crippen molar-refractivity contribution in [3.8, 4) is 0 Å². The highest BCUT2D eigenvalue weighted by Gasteiger charge is 2.29. The number of anilines is 1. The molecule has 20 heavy (non-hydrogen) atoms. The molecule has 0 spiro atoms. The second-order valence-corrected chi connectivity index (χ2v) is 4.96. The molecular weight excluding hydrogens is 310 g/mol. The molecule has 0 fully saturated rings. The highest BCUT2D eigenvalue weighted by molar-refractivity contribution is 6.39. The summed E-state index contributed by atoms with van der Waals surface area (Å²) < 4.78 is 37.3. The molecule has 0 radical (unpaired) electrons. The van der Waals surface area contributed by atoms with E-state index >= 15 is 0 Å². The van der Waals surface area contributed by atoms with Crippen LogP contribution in [0.25, 0.3) is 0 Å².